The minimum absolute atomic E-state index is 0.0134. The molecular weight excluding hydrogens is 621 g/mol. The van der Waals surface area contributed by atoms with Crippen LogP contribution in [0.2, 0.25) is 0 Å². The average molecular weight is 687 g/mol. The van der Waals surface area contributed by atoms with Gasteiger partial charge in [-0.05, 0) is 103 Å². The molecule has 3 aliphatic heterocycles. The first-order valence-corrected chi connectivity index (χ1v) is 21.8. The van der Waals surface area contributed by atoms with Crippen LogP contribution in [0.4, 0.5) is 0 Å². The van der Waals surface area contributed by atoms with Crippen molar-refractivity contribution < 1.29 is 14.9 Å². The van der Waals surface area contributed by atoms with Crippen molar-refractivity contribution in [2.45, 2.75) is 225 Å². The van der Waals surface area contributed by atoms with Crippen molar-refractivity contribution in [3.05, 3.63) is 0 Å². The molecule has 0 radical (unpaired) electrons. The molecule has 14 atom stereocenters. The van der Waals surface area contributed by atoms with E-state index in [2.05, 4.69) is 43.3 Å². The standard InChI is InChI=1S/C38H66N6O3S/c45-33-21-25(17-19-27(33)37-39-31-9-3-5-11-35(31)47-37)43(23-13-15-24(16-14-23)44-41-29-7-1-2-8-30(29)42-44)26-18-20-28(34(46)22-26)38-40-32-10-4-6-12-36(32)48-38/h23-42,45-46H,1-22H2. The van der Waals surface area contributed by atoms with Gasteiger partial charge in [0.15, 0.2) is 0 Å². The van der Waals surface area contributed by atoms with Gasteiger partial charge in [0, 0.05) is 65.4 Å². The molecule has 3 heterocycles. The summed E-state index contributed by atoms with van der Waals surface area (Å²) in [5.41, 5.74) is 7.72. The highest BCUT2D eigenvalue weighted by atomic mass is 32.2. The van der Waals surface area contributed by atoms with Crippen LogP contribution >= 0.6 is 11.8 Å². The van der Waals surface area contributed by atoms with Gasteiger partial charge in [-0.2, -0.15) is 5.12 Å². The Kier molecular flexibility index (Phi) is 10.4. The van der Waals surface area contributed by atoms with Gasteiger partial charge in [-0.1, -0.05) is 38.5 Å². The van der Waals surface area contributed by atoms with Crippen molar-refractivity contribution in [3.8, 4) is 0 Å². The number of hydrogen-bond acceptors (Lipinski definition) is 10. The van der Waals surface area contributed by atoms with Crippen molar-refractivity contribution in [1.29, 1.82) is 0 Å². The molecule has 0 amide bonds. The highest BCUT2D eigenvalue weighted by Crippen LogP contribution is 2.46. The second kappa shape index (κ2) is 14.8. The summed E-state index contributed by atoms with van der Waals surface area (Å²) in [5.74, 6) is 0.552. The number of rotatable bonds is 6. The highest BCUT2D eigenvalue weighted by molar-refractivity contribution is 8.00. The molecule has 9 rings (SSSR count). The molecule has 14 unspecified atom stereocenters. The maximum absolute atomic E-state index is 11.8. The van der Waals surface area contributed by atoms with Gasteiger partial charge >= 0.3 is 0 Å². The van der Waals surface area contributed by atoms with Crippen LogP contribution in [0.1, 0.15) is 141 Å². The summed E-state index contributed by atoms with van der Waals surface area (Å²) in [6.07, 6.45) is 26.5. The molecule has 9 fully saturated rings. The van der Waals surface area contributed by atoms with Gasteiger partial charge in [0.05, 0.1) is 23.7 Å². The Morgan fingerprint density at radius 3 is 1.79 bits per heavy atom. The summed E-state index contributed by atoms with van der Waals surface area (Å²) in [6.45, 7) is 0. The Bertz CT molecular complexity index is 985. The lowest BCUT2D eigenvalue weighted by Gasteiger charge is -2.52. The Morgan fingerprint density at radius 2 is 1.15 bits per heavy atom. The third-order valence-corrected chi connectivity index (χ3v) is 16.6. The Hall–Kier alpha value is -0.0100. The molecule has 0 aromatic heterocycles. The second-order valence-electron chi connectivity index (χ2n) is 17.7. The van der Waals surface area contributed by atoms with Gasteiger partial charge in [0.2, 0.25) is 0 Å². The van der Waals surface area contributed by atoms with Crippen LogP contribution in [0.15, 0.2) is 0 Å². The minimum Gasteiger partial charge on any atom is -0.393 e. The smallest absolute Gasteiger partial charge is 0.114 e. The molecule has 3 saturated heterocycles. The molecule has 0 aromatic carbocycles. The number of hydrazine groups is 2. The van der Waals surface area contributed by atoms with Crippen molar-refractivity contribution in [1.82, 2.24) is 31.5 Å². The zero-order chi connectivity index (χ0) is 32.2. The molecule has 272 valence electrons. The topological polar surface area (TPSA) is 104 Å². The number of thioether (sulfide) groups is 1. The van der Waals surface area contributed by atoms with E-state index in [-0.39, 0.29) is 24.4 Å². The summed E-state index contributed by atoms with van der Waals surface area (Å²) >= 11 is 2.16. The average Bonchev–Trinajstić information content (AvgIpc) is 3.85. The number of nitrogens with zero attached hydrogens (tertiary/aromatic N) is 2. The van der Waals surface area contributed by atoms with Crippen LogP contribution < -0.4 is 21.5 Å². The first-order valence-electron chi connectivity index (χ1n) is 20.9. The van der Waals surface area contributed by atoms with E-state index in [4.69, 9.17) is 4.74 Å². The van der Waals surface area contributed by atoms with E-state index in [1.54, 1.807) is 0 Å². The first-order chi connectivity index (χ1) is 23.6. The minimum atomic E-state index is -0.328. The van der Waals surface area contributed by atoms with Crippen LogP contribution in [0.25, 0.3) is 0 Å². The lowest BCUT2D eigenvalue weighted by atomic mass is 9.76. The second-order valence-corrected chi connectivity index (χ2v) is 19.1. The first kappa shape index (κ1) is 33.8. The molecule has 0 bridgehead atoms. The summed E-state index contributed by atoms with van der Waals surface area (Å²) in [6, 6.07) is 4.27. The lowest BCUT2D eigenvalue weighted by Crippen LogP contribution is -2.59. The maximum atomic E-state index is 11.8. The number of aliphatic hydroxyl groups excluding tert-OH is 2. The summed E-state index contributed by atoms with van der Waals surface area (Å²) in [5, 5.41) is 35.0. The zero-order valence-corrected chi connectivity index (χ0v) is 30.2. The number of hydrogen-bond donors (Lipinski definition) is 6. The Balaban J connectivity index is 0.866. The van der Waals surface area contributed by atoms with E-state index in [0.717, 1.165) is 37.4 Å². The molecule has 9 aliphatic rings. The van der Waals surface area contributed by atoms with Crippen molar-refractivity contribution in [2.24, 2.45) is 11.8 Å². The van der Waals surface area contributed by atoms with Gasteiger partial charge in [-0.3, -0.25) is 10.2 Å². The van der Waals surface area contributed by atoms with Crippen LogP contribution in [-0.4, -0.2) is 104 Å². The van der Waals surface area contributed by atoms with Gasteiger partial charge in [0.1, 0.15) is 6.23 Å². The van der Waals surface area contributed by atoms with Crippen LogP contribution in [0.3, 0.4) is 0 Å². The SMILES string of the molecule is OC1CC(N(C2CCC(N3NC4CCCCC4N3)CC2)C2CCC(C3NC4CCCCC4S3)C(O)C2)CCC1C1NC2CCCCC2O1. The molecule has 0 spiro atoms. The summed E-state index contributed by atoms with van der Waals surface area (Å²) in [7, 11) is 0. The van der Waals surface area contributed by atoms with E-state index < -0.39 is 0 Å². The lowest BCUT2D eigenvalue weighted by molar-refractivity contribution is -0.0926. The van der Waals surface area contributed by atoms with E-state index in [0.29, 0.717) is 65.7 Å². The molecular formula is C38H66N6O3S. The predicted molar refractivity (Wildman–Crippen MR) is 191 cm³/mol. The number of nitrogens with one attached hydrogen (secondary N) is 4. The van der Waals surface area contributed by atoms with Crippen LogP contribution in [0, 0.1) is 11.8 Å². The van der Waals surface area contributed by atoms with E-state index in [9.17, 15) is 10.2 Å². The fourth-order valence-electron chi connectivity index (χ4n) is 12.3. The molecule has 9 nitrogen and oxygen atoms in total. The van der Waals surface area contributed by atoms with Crippen molar-refractivity contribution in [2.75, 3.05) is 0 Å². The normalized spacial score (nSPS) is 51.8. The molecule has 6 saturated carbocycles. The van der Waals surface area contributed by atoms with E-state index >= 15 is 0 Å². The van der Waals surface area contributed by atoms with Crippen molar-refractivity contribution >= 4 is 11.8 Å². The number of ether oxygens (including phenoxy) is 1. The molecule has 10 heteroatoms. The Morgan fingerprint density at radius 1 is 0.562 bits per heavy atom. The van der Waals surface area contributed by atoms with E-state index in [1.165, 1.54) is 109 Å². The number of aliphatic hydroxyl groups is 2. The third kappa shape index (κ3) is 6.80. The molecule has 48 heavy (non-hydrogen) atoms. The van der Waals surface area contributed by atoms with E-state index in [1.807, 2.05) is 0 Å². The van der Waals surface area contributed by atoms with Gasteiger partial charge < -0.3 is 20.3 Å². The molecule has 6 N–H and O–H groups in total. The zero-order valence-electron chi connectivity index (χ0n) is 29.4. The van der Waals surface area contributed by atoms with Gasteiger partial charge in [-0.25, -0.2) is 10.9 Å². The quantitative estimate of drug-likeness (QED) is 0.239. The van der Waals surface area contributed by atoms with Gasteiger partial charge in [-0.15, -0.1) is 11.8 Å². The maximum Gasteiger partial charge on any atom is 0.114 e. The third-order valence-electron chi connectivity index (χ3n) is 14.9. The Labute approximate surface area is 294 Å². The predicted octanol–water partition coefficient (Wildman–Crippen LogP) is 4.53. The van der Waals surface area contributed by atoms with Crippen LogP contribution in [-0.2, 0) is 4.74 Å². The fourth-order valence-corrected chi connectivity index (χ4v) is 14.2. The monoisotopic (exact) mass is 686 g/mol. The largest absolute Gasteiger partial charge is 0.393 e. The fraction of sp³-hybridized carbons (Fsp3) is 1.00. The van der Waals surface area contributed by atoms with Gasteiger partial charge in [0.25, 0.3) is 0 Å². The summed E-state index contributed by atoms with van der Waals surface area (Å²) in [4.78, 5) is 2.90. The molecule has 0 aromatic rings. The van der Waals surface area contributed by atoms with Crippen molar-refractivity contribution in [3.63, 3.8) is 0 Å². The molecule has 6 aliphatic carbocycles. The number of fused-ring (bicyclic) bond motifs is 3. The summed E-state index contributed by atoms with van der Waals surface area (Å²) < 4.78 is 6.57. The van der Waals surface area contributed by atoms with Crippen LogP contribution in [0.5, 0.6) is 0 Å². The highest BCUT2D eigenvalue weighted by Gasteiger charge is 2.49.